The zero-order valence-corrected chi connectivity index (χ0v) is 13.6. The topological polar surface area (TPSA) is 105 Å². The summed E-state index contributed by atoms with van der Waals surface area (Å²) < 4.78 is 29.6. The van der Waals surface area contributed by atoms with Gasteiger partial charge < -0.3 is 15.2 Å². The van der Waals surface area contributed by atoms with Crippen LogP contribution < -0.4 is 14.9 Å². The fourth-order valence-electron chi connectivity index (χ4n) is 1.89. The number of carbonyl (C=O) groups is 1. The van der Waals surface area contributed by atoms with Gasteiger partial charge in [0.2, 0.25) is 10.0 Å². The minimum absolute atomic E-state index is 0.0486. The summed E-state index contributed by atoms with van der Waals surface area (Å²) >= 11 is 0. The van der Waals surface area contributed by atoms with Crippen LogP contribution in [0.5, 0.6) is 0 Å². The summed E-state index contributed by atoms with van der Waals surface area (Å²) in [7, 11) is -3.52. The van der Waals surface area contributed by atoms with E-state index in [4.69, 9.17) is 4.52 Å². The maximum Gasteiger partial charge on any atom is 0.319 e. The predicted molar refractivity (Wildman–Crippen MR) is 86.9 cm³/mol. The van der Waals surface area contributed by atoms with E-state index in [1.165, 1.54) is 6.07 Å². The van der Waals surface area contributed by atoms with Gasteiger partial charge >= 0.3 is 6.03 Å². The molecule has 0 bridgehead atoms. The van der Waals surface area contributed by atoms with Crippen molar-refractivity contribution in [2.75, 3.05) is 29.0 Å². The Morgan fingerprint density at radius 1 is 1.30 bits per heavy atom. The number of urea groups is 1. The second kappa shape index (κ2) is 7.14. The van der Waals surface area contributed by atoms with Crippen LogP contribution in [-0.4, -0.2) is 39.0 Å². The summed E-state index contributed by atoms with van der Waals surface area (Å²) in [6.45, 7) is 1.84. The molecule has 0 spiro atoms. The Hall–Kier alpha value is -2.55. The van der Waals surface area contributed by atoms with Gasteiger partial charge in [-0.15, -0.1) is 0 Å². The Morgan fingerprint density at radius 3 is 2.57 bits per heavy atom. The van der Waals surface area contributed by atoms with Crippen LogP contribution in [0.3, 0.4) is 0 Å². The van der Waals surface area contributed by atoms with Crippen molar-refractivity contribution in [2.24, 2.45) is 0 Å². The number of carbonyl (C=O) groups excluding carboxylic acids is 1. The highest BCUT2D eigenvalue weighted by Gasteiger charge is 2.20. The highest BCUT2D eigenvalue weighted by molar-refractivity contribution is 7.92. The number of aromatic nitrogens is 1. The van der Waals surface area contributed by atoms with Crippen LogP contribution in [0.1, 0.15) is 5.76 Å². The van der Waals surface area contributed by atoms with Gasteiger partial charge in [0.25, 0.3) is 0 Å². The van der Waals surface area contributed by atoms with Gasteiger partial charge in [-0.1, -0.05) is 23.4 Å². The third-order valence-corrected chi connectivity index (χ3v) is 4.07. The molecule has 0 radical (unpaired) electrons. The van der Waals surface area contributed by atoms with E-state index < -0.39 is 16.1 Å². The SMILES string of the molecule is Cc1cc(N(CCNC(=O)Nc2ccccc2)S(C)(=O)=O)no1. The summed E-state index contributed by atoms with van der Waals surface area (Å²) in [5, 5.41) is 8.93. The lowest BCUT2D eigenvalue weighted by atomic mass is 10.3. The van der Waals surface area contributed by atoms with Crippen LogP contribution in [0.4, 0.5) is 16.3 Å². The van der Waals surface area contributed by atoms with Crippen molar-refractivity contribution >= 4 is 27.6 Å². The van der Waals surface area contributed by atoms with E-state index in [0.717, 1.165) is 10.6 Å². The third kappa shape index (κ3) is 4.99. The molecule has 0 atom stereocenters. The molecule has 1 aromatic carbocycles. The zero-order chi connectivity index (χ0) is 16.9. The first kappa shape index (κ1) is 16.8. The molecule has 2 aromatic rings. The van der Waals surface area contributed by atoms with Crippen LogP contribution in [0.2, 0.25) is 0 Å². The lowest BCUT2D eigenvalue weighted by molar-refractivity contribution is 0.252. The van der Waals surface area contributed by atoms with Gasteiger partial charge in [0.05, 0.1) is 12.8 Å². The van der Waals surface area contributed by atoms with Crippen LogP contribution in [0.25, 0.3) is 0 Å². The normalized spacial score (nSPS) is 11.0. The monoisotopic (exact) mass is 338 g/mol. The number of para-hydroxylation sites is 1. The largest absolute Gasteiger partial charge is 0.360 e. The van der Waals surface area contributed by atoms with Crippen molar-refractivity contribution in [1.82, 2.24) is 10.5 Å². The maximum absolute atomic E-state index is 11.8. The molecule has 0 fully saturated rings. The minimum Gasteiger partial charge on any atom is -0.360 e. The molecule has 1 aromatic heterocycles. The van der Waals surface area contributed by atoms with Gasteiger partial charge in [-0.05, 0) is 19.1 Å². The molecule has 0 unspecified atom stereocenters. The van der Waals surface area contributed by atoms with E-state index in [2.05, 4.69) is 15.8 Å². The number of aryl methyl sites for hydroxylation is 1. The minimum atomic E-state index is -3.52. The summed E-state index contributed by atoms with van der Waals surface area (Å²) in [5.74, 6) is 0.693. The molecule has 23 heavy (non-hydrogen) atoms. The molecule has 9 heteroatoms. The Labute approximate surface area is 134 Å². The van der Waals surface area contributed by atoms with Crippen molar-refractivity contribution in [3.63, 3.8) is 0 Å². The van der Waals surface area contributed by atoms with Gasteiger partial charge in [0.1, 0.15) is 5.76 Å². The predicted octanol–water partition coefficient (Wildman–Crippen LogP) is 1.57. The number of amides is 2. The zero-order valence-electron chi connectivity index (χ0n) is 12.8. The van der Waals surface area contributed by atoms with Crippen LogP contribution in [0.15, 0.2) is 40.9 Å². The first-order chi connectivity index (χ1) is 10.9. The molecule has 0 saturated carbocycles. The van der Waals surface area contributed by atoms with Crippen LogP contribution in [0, 0.1) is 6.92 Å². The van der Waals surface area contributed by atoms with Gasteiger partial charge in [-0.3, -0.25) is 0 Å². The molecule has 0 aliphatic carbocycles. The molecule has 8 nitrogen and oxygen atoms in total. The summed E-state index contributed by atoms with van der Waals surface area (Å²) in [5.41, 5.74) is 0.650. The Kier molecular flexibility index (Phi) is 5.22. The van der Waals surface area contributed by atoms with Crippen molar-refractivity contribution in [2.45, 2.75) is 6.92 Å². The average Bonchev–Trinajstić information content (AvgIpc) is 2.89. The lowest BCUT2D eigenvalue weighted by Crippen LogP contribution is -2.39. The smallest absolute Gasteiger partial charge is 0.319 e. The summed E-state index contributed by atoms with van der Waals surface area (Å²) in [4.78, 5) is 11.8. The number of hydrogen-bond acceptors (Lipinski definition) is 5. The van der Waals surface area contributed by atoms with E-state index in [1.54, 1.807) is 31.2 Å². The van der Waals surface area contributed by atoms with Crippen molar-refractivity contribution in [3.8, 4) is 0 Å². The van der Waals surface area contributed by atoms with E-state index >= 15 is 0 Å². The molecule has 124 valence electrons. The molecule has 2 amide bonds. The highest BCUT2D eigenvalue weighted by Crippen LogP contribution is 2.16. The molecule has 1 heterocycles. The van der Waals surface area contributed by atoms with E-state index in [-0.39, 0.29) is 18.9 Å². The molecule has 0 aliphatic rings. The average molecular weight is 338 g/mol. The molecular formula is C14H18N4O4S. The van der Waals surface area contributed by atoms with Gasteiger partial charge in [0, 0.05) is 18.3 Å². The Balaban J connectivity index is 1.91. The van der Waals surface area contributed by atoms with Crippen molar-refractivity contribution in [1.29, 1.82) is 0 Å². The molecular weight excluding hydrogens is 320 g/mol. The van der Waals surface area contributed by atoms with E-state index in [0.29, 0.717) is 11.4 Å². The van der Waals surface area contributed by atoms with E-state index in [9.17, 15) is 13.2 Å². The highest BCUT2D eigenvalue weighted by atomic mass is 32.2. The Morgan fingerprint density at radius 2 is 2.00 bits per heavy atom. The van der Waals surface area contributed by atoms with Gasteiger partial charge in [-0.2, -0.15) is 0 Å². The van der Waals surface area contributed by atoms with Gasteiger partial charge in [0.15, 0.2) is 5.82 Å². The van der Waals surface area contributed by atoms with Crippen LogP contribution >= 0.6 is 0 Å². The van der Waals surface area contributed by atoms with Crippen LogP contribution in [-0.2, 0) is 10.0 Å². The maximum atomic E-state index is 11.8. The molecule has 0 aliphatic heterocycles. The fraction of sp³-hybridized carbons (Fsp3) is 0.286. The standard InChI is InChI=1S/C14H18N4O4S/c1-11-10-13(17-22-11)18(23(2,20)21)9-8-15-14(19)16-12-6-4-3-5-7-12/h3-7,10H,8-9H2,1-2H3,(H2,15,16,19). The lowest BCUT2D eigenvalue weighted by Gasteiger charge is -2.19. The fourth-order valence-corrected chi connectivity index (χ4v) is 2.74. The first-order valence-corrected chi connectivity index (χ1v) is 8.72. The molecule has 0 saturated heterocycles. The number of hydrogen-bond donors (Lipinski definition) is 2. The number of nitrogens with one attached hydrogen (secondary N) is 2. The van der Waals surface area contributed by atoms with E-state index in [1.807, 2.05) is 6.07 Å². The Bertz CT molecular complexity index is 758. The molecule has 2 rings (SSSR count). The number of anilines is 2. The second-order valence-electron chi connectivity index (χ2n) is 4.88. The second-order valence-corrected chi connectivity index (χ2v) is 6.78. The summed E-state index contributed by atoms with van der Waals surface area (Å²) in [6, 6.07) is 10.0. The third-order valence-electron chi connectivity index (χ3n) is 2.90. The summed E-state index contributed by atoms with van der Waals surface area (Å²) in [6.07, 6.45) is 1.07. The number of sulfonamides is 1. The number of rotatable bonds is 6. The quantitative estimate of drug-likeness (QED) is 0.832. The first-order valence-electron chi connectivity index (χ1n) is 6.87. The van der Waals surface area contributed by atoms with Gasteiger partial charge in [-0.25, -0.2) is 17.5 Å². The number of nitrogens with zero attached hydrogens (tertiary/aromatic N) is 2. The van der Waals surface area contributed by atoms with Crippen molar-refractivity contribution < 1.29 is 17.7 Å². The number of benzene rings is 1. The van der Waals surface area contributed by atoms with Crippen molar-refractivity contribution in [3.05, 3.63) is 42.2 Å². The molecule has 2 N–H and O–H groups in total.